The molecule has 136 valence electrons. The van der Waals surface area contributed by atoms with Crippen LogP contribution in [0.4, 0.5) is 0 Å². The summed E-state index contributed by atoms with van der Waals surface area (Å²) in [5, 5.41) is 10.7. The third-order valence-corrected chi connectivity index (χ3v) is 7.38. The van der Waals surface area contributed by atoms with Crippen molar-refractivity contribution >= 4 is 0 Å². The van der Waals surface area contributed by atoms with Crippen molar-refractivity contribution in [2.24, 2.45) is 0 Å². The number of rotatable bonds is 0. The summed E-state index contributed by atoms with van der Waals surface area (Å²) >= 11 is 0. The standard InChI is InChI=1S/C22H31NO2/c1-12-10-22-7-8-23(6)11-17-15(4)14(3)16(5)21(20(17)22)25-19(22)9-18(24)13(12)2/h18-19,24H,7-11H2,1-6H3. The maximum absolute atomic E-state index is 10.7. The molecule has 25 heavy (non-hydrogen) atoms. The largest absolute Gasteiger partial charge is 0.489 e. The van der Waals surface area contributed by atoms with E-state index in [1.807, 2.05) is 0 Å². The first-order valence-electron chi connectivity index (χ1n) is 9.59. The Kier molecular flexibility index (Phi) is 3.82. The molecule has 3 nitrogen and oxygen atoms in total. The Morgan fingerprint density at radius 3 is 2.52 bits per heavy atom. The molecule has 0 bridgehead atoms. The Hall–Kier alpha value is -1.32. The van der Waals surface area contributed by atoms with E-state index in [9.17, 15) is 5.11 Å². The van der Waals surface area contributed by atoms with Crippen LogP contribution in [0.5, 0.6) is 5.75 Å². The van der Waals surface area contributed by atoms with E-state index < -0.39 is 0 Å². The maximum Gasteiger partial charge on any atom is 0.127 e. The van der Waals surface area contributed by atoms with Crippen molar-refractivity contribution in [3.8, 4) is 5.75 Å². The Labute approximate surface area is 151 Å². The summed E-state index contributed by atoms with van der Waals surface area (Å²) in [7, 11) is 2.23. The van der Waals surface area contributed by atoms with Crippen LogP contribution in [0.15, 0.2) is 11.1 Å². The van der Waals surface area contributed by atoms with Gasteiger partial charge in [-0.1, -0.05) is 5.57 Å². The van der Waals surface area contributed by atoms with Gasteiger partial charge in [0.2, 0.25) is 0 Å². The molecule has 0 saturated carbocycles. The fourth-order valence-electron chi connectivity index (χ4n) is 5.34. The molecule has 3 heteroatoms. The van der Waals surface area contributed by atoms with Crippen molar-refractivity contribution < 1.29 is 9.84 Å². The molecule has 4 rings (SSSR count). The van der Waals surface area contributed by atoms with E-state index in [-0.39, 0.29) is 17.6 Å². The van der Waals surface area contributed by atoms with Crippen molar-refractivity contribution in [2.75, 3.05) is 13.6 Å². The highest BCUT2D eigenvalue weighted by atomic mass is 16.5. The van der Waals surface area contributed by atoms with E-state index >= 15 is 0 Å². The molecule has 2 heterocycles. The molecule has 0 radical (unpaired) electrons. The molecule has 0 saturated heterocycles. The normalized spacial score (nSPS) is 32.0. The molecular weight excluding hydrogens is 310 g/mol. The molecule has 3 unspecified atom stereocenters. The van der Waals surface area contributed by atoms with Crippen molar-refractivity contribution in [1.29, 1.82) is 0 Å². The van der Waals surface area contributed by atoms with Crippen LogP contribution in [0.3, 0.4) is 0 Å². The summed E-state index contributed by atoms with van der Waals surface area (Å²) in [6.45, 7) is 13.1. The average Bonchev–Trinajstić information content (AvgIpc) is 2.74. The van der Waals surface area contributed by atoms with E-state index in [1.54, 1.807) is 0 Å². The van der Waals surface area contributed by atoms with Crippen LogP contribution in [0.2, 0.25) is 0 Å². The number of aliphatic hydroxyl groups excluding tert-OH is 1. The lowest BCUT2D eigenvalue weighted by molar-refractivity contribution is 0.0809. The molecular formula is C22H31NO2. The minimum Gasteiger partial charge on any atom is -0.489 e. The fraction of sp³-hybridized carbons (Fsp3) is 0.636. The Bertz CT molecular complexity index is 779. The maximum atomic E-state index is 10.7. The van der Waals surface area contributed by atoms with Gasteiger partial charge >= 0.3 is 0 Å². The number of ether oxygens (including phenoxy) is 1. The molecule has 1 aromatic rings. The SMILES string of the molecule is CC1=C(C)C(O)CC2Oc3c(C)c(C)c(C)c4c3C2(CCN(C)C4)C1. The summed E-state index contributed by atoms with van der Waals surface area (Å²) in [4.78, 5) is 2.45. The van der Waals surface area contributed by atoms with E-state index in [1.165, 1.54) is 33.4 Å². The van der Waals surface area contributed by atoms with Crippen molar-refractivity contribution in [1.82, 2.24) is 4.90 Å². The Morgan fingerprint density at radius 2 is 1.80 bits per heavy atom. The van der Waals surface area contributed by atoms with Gasteiger partial charge in [0.15, 0.2) is 0 Å². The van der Waals surface area contributed by atoms with Crippen molar-refractivity contribution in [2.45, 2.75) is 78.0 Å². The first-order valence-corrected chi connectivity index (χ1v) is 9.59. The molecule has 0 aromatic heterocycles. The Morgan fingerprint density at radius 1 is 1.08 bits per heavy atom. The summed E-state index contributed by atoms with van der Waals surface area (Å²) < 4.78 is 6.63. The predicted octanol–water partition coefficient (Wildman–Crippen LogP) is 3.94. The van der Waals surface area contributed by atoms with Gasteiger partial charge in [-0.05, 0) is 88.9 Å². The number of hydrogen-bond donors (Lipinski definition) is 1. The van der Waals surface area contributed by atoms with Crippen LogP contribution in [0.25, 0.3) is 0 Å². The van der Waals surface area contributed by atoms with E-state index in [2.05, 4.69) is 46.6 Å². The monoisotopic (exact) mass is 341 g/mol. The predicted molar refractivity (Wildman–Crippen MR) is 101 cm³/mol. The summed E-state index contributed by atoms with van der Waals surface area (Å²) in [5.74, 6) is 1.12. The van der Waals surface area contributed by atoms with Crippen LogP contribution in [-0.4, -0.2) is 35.8 Å². The van der Waals surface area contributed by atoms with Gasteiger partial charge in [0.25, 0.3) is 0 Å². The van der Waals surface area contributed by atoms with Crippen molar-refractivity contribution in [3.63, 3.8) is 0 Å². The topological polar surface area (TPSA) is 32.7 Å². The lowest BCUT2D eigenvalue weighted by Crippen LogP contribution is -2.40. The second-order valence-corrected chi connectivity index (χ2v) is 8.70. The second-order valence-electron chi connectivity index (χ2n) is 8.70. The van der Waals surface area contributed by atoms with Gasteiger partial charge < -0.3 is 14.7 Å². The number of allylic oxidation sites excluding steroid dienone is 1. The lowest BCUT2D eigenvalue weighted by atomic mass is 9.68. The highest BCUT2D eigenvalue weighted by Gasteiger charge is 2.53. The van der Waals surface area contributed by atoms with Crippen LogP contribution in [0.1, 0.15) is 60.9 Å². The van der Waals surface area contributed by atoms with Gasteiger partial charge in [-0.3, -0.25) is 0 Å². The van der Waals surface area contributed by atoms with E-state index in [0.29, 0.717) is 6.42 Å². The lowest BCUT2D eigenvalue weighted by Gasteiger charge is -2.34. The summed E-state index contributed by atoms with van der Waals surface area (Å²) in [6, 6.07) is 0. The van der Waals surface area contributed by atoms with Crippen LogP contribution < -0.4 is 4.74 Å². The van der Waals surface area contributed by atoms with Gasteiger partial charge in [-0.25, -0.2) is 0 Å². The highest BCUT2D eigenvalue weighted by molar-refractivity contribution is 5.61. The first-order chi connectivity index (χ1) is 11.8. The van der Waals surface area contributed by atoms with Gasteiger partial charge in [0.05, 0.1) is 6.10 Å². The first kappa shape index (κ1) is 17.1. The molecule has 3 atom stereocenters. The van der Waals surface area contributed by atoms with Crippen LogP contribution in [-0.2, 0) is 12.0 Å². The minimum absolute atomic E-state index is 0.0153. The molecule has 1 N–H and O–H groups in total. The summed E-state index contributed by atoms with van der Waals surface area (Å²) in [6.07, 6.45) is 2.52. The molecule has 0 fully saturated rings. The zero-order chi connectivity index (χ0) is 18.1. The van der Waals surface area contributed by atoms with Gasteiger partial charge in [-0.15, -0.1) is 0 Å². The molecule has 3 aliphatic rings. The number of nitrogens with zero attached hydrogens (tertiary/aromatic N) is 1. The molecule has 1 spiro atoms. The third kappa shape index (κ3) is 2.25. The number of benzene rings is 1. The van der Waals surface area contributed by atoms with E-state index in [0.717, 1.165) is 37.3 Å². The quantitative estimate of drug-likeness (QED) is 0.726. The summed E-state index contributed by atoms with van der Waals surface area (Å²) in [5.41, 5.74) is 9.52. The van der Waals surface area contributed by atoms with Gasteiger partial charge in [0.1, 0.15) is 11.9 Å². The average molecular weight is 341 g/mol. The molecule has 1 aromatic carbocycles. The molecule has 2 aliphatic heterocycles. The highest BCUT2D eigenvalue weighted by Crippen LogP contribution is 2.57. The van der Waals surface area contributed by atoms with Crippen molar-refractivity contribution in [3.05, 3.63) is 39.0 Å². The number of hydrogen-bond acceptors (Lipinski definition) is 3. The second kappa shape index (κ2) is 5.59. The molecule has 0 amide bonds. The smallest absolute Gasteiger partial charge is 0.127 e. The minimum atomic E-state index is -0.384. The van der Waals surface area contributed by atoms with Gasteiger partial charge in [0, 0.05) is 23.9 Å². The third-order valence-electron chi connectivity index (χ3n) is 7.38. The zero-order valence-electron chi connectivity index (χ0n) is 16.5. The zero-order valence-corrected chi connectivity index (χ0v) is 16.5. The molecule has 1 aliphatic carbocycles. The Balaban J connectivity index is 2.01. The van der Waals surface area contributed by atoms with Crippen LogP contribution in [0, 0.1) is 20.8 Å². The van der Waals surface area contributed by atoms with Gasteiger partial charge in [-0.2, -0.15) is 0 Å². The number of aliphatic hydroxyl groups is 1. The van der Waals surface area contributed by atoms with E-state index in [4.69, 9.17) is 4.74 Å². The fourth-order valence-corrected chi connectivity index (χ4v) is 5.34. The van der Waals surface area contributed by atoms with Crippen LogP contribution >= 0.6 is 0 Å².